The van der Waals surface area contributed by atoms with Crippen LogP contribution >= 0.6 is 0 Å². The molecule has 1 amide bonds. The summed E-state index contributed by atoms with van der Waals surface area (Å²) in [6.07, 6.45) is 6.45. The Labute approximate surface area is 112 Å². The normalized spacial score (nSPS) is 17.8. The summed E-state index contributed by atoms with van der Waals surface area (Å²) in [6, 6.07) is 0. The number of methoxy groups -OCH3 is 1. The monoisotopic (exact) mass is 263 g/mol. The van der Waals surface area contributed by atoms with Crippen LogP contribution in [0.1, 0.15) is 19.8 Å². The highest BCUT2D eigenvalue weighted by atomic mass is 16.6. The van der Waals surface area contributed by atoms with Gasteiger partial charge in [0.15, 0.2) is 0 Å². The molecule has 0 aromatic carbocycles. The van der Waals surface area contributed by atoms with Crippen LogP contribution in [0.15, 0.2) is 35.1 Å². The molecule has 19 heavy (non-hydrogen) atoms. The highest BCUT2D eigenvalue weighted by Crippen LogP contribution is 2.31. The SMILES string of the molecule is CCOC(=O)N1CCC=C2CC(C(=O)OC)=CC=C21. The Morgan fingerprint density at radius 1 is 1.37 bits per heavy atom. The molecule has 0 radical (unpaired) electrons. The summed E-state index contributed by atoms with van der Waals surface area (Å²) in [4.78, 5) is 25.0. The molecule has 0 fully saturated rings. The van der Waals surface area contributed by atoms with Crippen LogP contribution in [0.5, 0.6) is 0 Å². The molecule has 0 bridgehead atoms. The third-order valence-corrected chi connectivity index (χ3v) is 3.12. The first-order valence-electron chi connectivity index (χ1n) is 6.30. The van der Waals surface area contributed by atoms with Gasteiger partial charge in [0.05, 0.1) is 19.4 Å². The van der Waals surface area contributed by atoms with Crippen molar-refractivity contribution >= 4 is 12.1 Å². The zero-order chi connectivity index (χ0) is 13.8. The third-order valence-electron chi connectivity index (χ3n) is 3.12. The number of hydrogen-bond donors (Lipinski definition) is 0. The number of ether oxygens (including phenoxy) is 2. The van der Waals surface area contributed by atoms with Crippen molar-refractivity contribution in [2.75, 3.05) is 20.3 Å². The minimum absolute atomic E-state index is 0.329. The first kappa shape index (κ1) is 13.4. The van der Waals surface area contributed by atoms with E-state index in [0.717, 1.165) is 17.7 Å². The van der Waals surface area contributed by atoms with E-state index in [2.05, 4.69) is 6.08 Å². The summed E-state index contributed by atoms with van der Waals surface area (Å²) >= 11 is 0. The summed E-state index contributed by atoms with van der Waals surface area (Å²) in [5, 5.41) is 0. The molecule has 2 aliphatic rings. The number of carbonyl (C=O) groups excluding carboxylic acids is 2. The standard InChI is InChI=1S/C14H17NO4/c1-3-19-14(17)15-8-4-5-10-9-11(13(16)18-2)6-7-12(10)15/h5-7H,3-4,8-9H2,1-2H3. The summed E-state index contributed by atoms with van der Waals surface area (Å²) in [5.41, 5.74) is 2.39. The summed E-state index contributed by atoms with van der Waals surface area (Å²) in [6.45, 7) is 2.74. The number of rotatable bonds is 2. The molecule has 5 nitrogen and oxygen atoms in total. The van der Waals surface area contributed by atoms with Gasteiger partial charge < -0.3 is 9.47 Å². The van der Waals surface area contributed by atoms with Crippen molar-refractivity contribution < 1.29 is 19.1 Å². The minimum atomic E-state index is -0.339. The lowest BCUT2D eigenvalue weighted by molar-refractivity contribution is -0.136. The van der Waals surface area contributed by atoms with Gasteiger partial charge in [-0.3, -0.25) is 4.90 Å². The van der Waals surface area contributed by atoms with E-state index in [1.165, 1.54) is 7.11 Å². The number of fused-ring (bicyclic) bond motifs is 1. The maximum atomic E-state index is 11.8. The smallest absolute Gasteiger partial charge is 0.414 e. The number of nitrogens with zero attached hydrogens (tertiary/aromatic N) is 1. The van der Waals surface area contributed by atoms with Crippen LogP contribution in [0.4, 0.5) is 4.79 Å². The van der Waals surface area contributed by atoms with Crippen molar-refractivity contribution in [1.82, 2.24) is 4.90 Å². The molecule has 0 spiro atoms. The molecule has 2 rings (SSSR count). The number of esters is 1. The Kier molecular flexibility index (Phi) is 4.04. The van der Waals surface area contributed by atoms with E-state index in [4.69, 9.17) is 9.47 Å². The zero-order valence-electron chi connectivity index (χ0n) is 11.1. The maximum Gasteiger partial charge on any atom is 0.414 e. The Hall–Kier alpha value is -2.04. The fourth-order valence-corrected chi connectivity index (χ4v) is 2.23. The second-order valence-electron chi connectivity index (χ2n) is 4.28. The predicted octanol–water partition coefficient (Wildman–Crippen LogP) is 2.16. The molecule has 0 aromatic heterocycles. The van der Waals surface area contributed by atoms with Gasteiger partial charge in [-0.1, -0.05) is 6.08 Å². The average Bonchev–Trinajstić information content (AvgIpc) is 2.45. The topological polar surface area (TPSA) is 55.8 Å². The maximum absolute atomic E-state index is 11.8. The molecule has 0 saturated carbocycles. The van der Waals surface area contributed by atoms with Crippen LogP contribution in [-0.2, 0) is 14.3 Å². The molecule has 0 atom stereocenters. The fourth-order valence-electron chi connectivity index (χ4n) is 2.23. The van der Waals surface area contributed by atoms with E-state index >= 15 is 0 Å². The van der Waals surface area contributed by atoms with Crippen molar-refractivity contribution in [3.63, 3.8) is 0 Å². The molecule has 0 N–H and O–H groups in total. The third kappa shape index (κ3) is 2.70. The number of carbonyl (C=O) groups is 2. The quantitative estimate of drug-likeness (QED) is 0.716. The largest absolute Gasteiger partial charge is 0.466 e. The van der Waals surface area contributed by atoms with E-state index in [-0.39, 0.29) is 12.1 Å². The van der Waals surface area contributed by atoms with Gasteiger partial charge in [-0.05, 0) is 31.1 Å². The molecule has 0 aromatic rings. The van der Waals surface area contributed by atoms with Crippen LogP contribution < -0.4 is 0 Å². The number of amides is 1. The van der Waals surface area contributed by atoms with Crippen LogP contribution in [0, 0.1) is 0 Å². The molecule has 0 saturated heterocycles. The van der Waals surface area contributed by atoms with E-state index in [9.17, 15) is 9.59 Å². The van der Waals surface area contributed by atoms with E-state index < -0.39 is 0 Å². The first-order chi connectivity index (χ1) is 9.17. The zero-order valence-corrected chi connectivity index (χ0v) is 11.1. The van der Waals surface area contributed by atoms with Crippen LogP contribution in [0.2, 0.25) is 0 Å². The molecule has 1 aliphatic heterocycles. The second-order valence-corrected chi connectivity index (χ2v) is 4.28. The Balaban J connectivity index is 2.24. The summed E-state index contributed by atoms with van der Waals surface area (Å²) in [5.74, 6) is -0.329. The molecule has 0 unspecified atom stereocenters. The van der Waals surface area contributed by atoms with E-state index in [0.29, 0.717) is 25.1 Å². The molecule has 1 heterocycles. The highest BCUT2D eigenvalue weighted by Gasteiger charge is 2.28. The van der Waals surface area contributed by atoms with Crippen molar-refractivity contribution in [3.05, 3.63) is 35.1 Å². The van der Waals surface area contributed by atoms with Crippen molar-refractivity contribution in [3.8, 4) is 0 Å². The van der Waals surface area contributed by atoms with Crippen LogP contribution in [0.25, 0.3) is 0 Å². The predicted molar refractivity (Wildman–Crippen MR) is 69.2 cm³/mol. The van der Waals surface area contributed by atoms with Gasteiger partial charge in [-0.2, -0.15) is 0 Å². The minimum Gasteiger partial charge on any atom is -0.466 e. The molecule has 102 valence electrons. The lowest BCUT2D eigenvalue weighted by atomic mass is 9.93. The Morgan fingerprint density at radius 3 is 2.84 bits per heavy atom. The molecule has 1 aliphatic carbocycles. The van der Waals surface area contributed by atoms with Gasteiger partial charge in [0.2, 0.25) is 0 Å². The van der Waals surface area contributed by atoms with Gasteiger partial charge in [-0.25, -0.2) is 9.59 Å². The summed E-state index contributed by atoms with van der Waals surface area (Å²) in [7, 11) is 1.36. The van der Waals surface area contributed by atoms with E-state index in [1.54, 1.807) is 24.0 Å². The fraction of sp³-hybridized carbons (Fsp3) is 0.429. The molecular formula is C14H17NO4. The number of allylic oxidation sites excluding steroid dienone is 3. The lowest BCUT2D eigenvalue weighted by Crippen LogP contribution is -2.35. The molecule has 5 heteroatoms. The van der Waals surface area contributed by atoms with Gasteiger partial charge in [0.25, 0.3) is 0 Å². The lowest BCUT2D eigenvalue weighted by Gasteiger charge is -2.31. The van der Waals surface area contributed by atoms with Crippen molar-refractivity contribution in [2.24, 2.45) is 0 Å². The highest BCUT2D eigenvalue weighted by molar-refractivity contribution is 5.90. The number of hydrogen-bond acceptors (Lipinski definition) is 4. The van der Waals surface area contributed by atoms with Gasteiger partial charge in [-0.15, -0.1) is 0 Å². The first-order valence-corrected chi connectivity index (χ1v) is 6.30. The van der Waals surface area contributed by atoms with Gasteiger partial charge >= 0.3 is 12.1 Å². The Bertz CT molecular complexity index is 488. The van der Waals surface area contributed by atoms with Crippen LogP contribution in [0.3, 0.4) is 0 Å². The van der Waals surface area contributed by atoms with Crippen LogP contribution in [-0.4, -0.2) is 37.2 Å². The van der Waals surface area contributed by atoms with Crippen molar-refractivity contribution in [2.45, 2.75) is 19.8 Å². The second kappa shape index (κ2) is 5.73. The summed E-state index contributed by atoms with van der Waals surface area (Å²) < 4.78 is 9.75. The van der Waals surface area contributed by atoms with Gasteiger partial charge in [0.1, 0.15) is 0 Å². The Morgan fingerprint density at radius 2 is 2.16 bits per heavy atom. The average molecular weight is 263 g/mol. The van der Waals surface area contributed by atoms with E-state index in [1.807, 2.05) is 0 Å². The molecular weight excluding hydrogens is 246 g/mol. The van der Waals surface area contributed by atoms with Gasteiger partial charge in [0, 0.05) is 18.5 Å². The van der Waals surface area contributed by atoms with Crippen molar-refractivity contribution in [1.29, 1.82) is 0 Å².